The molecule has 2 aromatic carbocycles. The monoisotopic (exact) mass is 536 g/mol. The molecular weight excluding hydrogens is 504 g/mol. The number of hydrogen-bond acceptors (Lipinski definition) is 4. The molecule has 198 valence electrons. The Morgan fingerprint density at radius 1 is 1.00 bits per heavy atom. The van der Waals surface area contributed by atoms with Gasteiger partial charge in [0.2, 0.25) is 0 Å². The second-order valence-corrected chi connectivity index (χ2v) is 11.7. The van der Waals surface area contributed by atoms with Crippen molar-refractivity contribution in [2.45, 2.75) is 64.0 Å². The first-order chi connectivity index (χ1) is 19.1. The van der Waals surface area contributed by atoms with E-state index < -0.39 is 0 Å². The average Bonchev–Trinajstić information content (AvgIpc) is 3.56. The molecule has 0 aliphatic heterocycles. The number of rotatable bonds is 8. The fourth-order valence-electron chi connectivity index (χ4n) is 6.73. The predicted octanol–water partition coefficient (Wildman–Crippen LogP) is 7.11. The normalized spacial score (nSPS) is 18.4. The maximum atomic E-state index is 6.71. The van der Waals surface area contributed by atoms with Gasteiger partial charge in [-0.25, -0.2) is 0 Å². The molecule has 2 atom stereocenters. The molecule has 0 saturated carbocycles. The minimum absolute atomic E-state index is 0.474. The van der Waals surface area contributed by atoms with E-state index in [2.05, 4.69) is 63.7 Å². The molecule has 2 bridgehead atoms. The molecule has 39 heavy (non-hydrogen) atoms. The molecule has 2 aliphatic rings. The Morgan fingerprint density at radius 3 is 2.87 bits per heavy atom. The average molecular weight is 537 g/mol. The van der Waals surface area contributed by atoms with Crippen molar-refractivity contribution in [1.82, 2.24) is 24.5 Å². The third kappa shape index (κ3) is 4.82. The highest BCUT2D eigenvalue weighted by Crippen LogP contribution is 2.47. The van der Waals surface area contributed by atoms with Crippen LogP contribution in [0, 0.1) is 5.92 Å². The van der Waals surface area contributed by atoms with Crippen LogP contribution in [0.25, 0.3) is 21.8 Å². The predicted molar refractivity (Wildman–Crippen MR) is 158 cm³/mol. The number of fused-ring (bicyclic) bond motifs is 6. The first-order valence-electron chi connectivity index (χ1n) is 14.1. The van der Waals surface area contributed by atoms with Crippen molar-refractivity contribution in [3.05, 3.63) is 94.5 Å². The van der Waals surface area contributed by atoms with Crippen LogP contribution in [0.3, 0.4) is 0 Å². The van der Waals surface area contributed by atoms with Gasteiger partial charge in [0.25, 0.3) is 0 Å². The third-order valence-electron chi connectivity index (χ3n) is 8.55. The number of benzene rings is 2. The zero-order valence-electron chi connectivity index (χ0n) is 22.1. The van der Waals surface area contributed by atoms with Crippen LogP contribution in [-0.4, -0.2) is 24.5 Å². The lowest BCUT2D eigenvalue weighted by molar-refractivity contribution is 0.424. The summed E-state index contributed by atoms with van der Waals surface area (Å²) in [5.74, 6) is 1.03. The summed E-state index contributed by atoms with van der Waals surface area (Å²) in [5, 5.41) is 11.8. The van der Waals surface area contributed by atoms with E-state index in [0.717, 1.165) is 73.9 Å². The quantitative estimate of drug-likeness (QED) is 0.169. The van der Waals surface area contributed by atoms with Crippen molar-refractivity contribution >= 4 is 39.1 Å². The van der Waals surface area contributed by atoms with Crippen molar-refractivity contribution in [2.75, 3.05) is 5.73 Å². The molecule has 7 heteroatoms. The SMILES string of the molecule is Nc1c2c(nc3cc(Cl)ccc13)CC1C=C(CCCCn3cc(CCn4ccc5ccccc54)nn3)CC2C1. The molecule has 0 saturated heterocycles. The van der Waals surface area contributed by atoms with Gasteiger partial charge in [-0.1, -0.05) is 46.7 Å². The minimum atomic E-state index is 0.474. The van der Waals surface area contributed by atoms with E-state index in [1.165, 1.54) is 28.6 Å². The van der Waals surface area contributed by atoms with Crippen LogP contribution in [0.5, 0.6) is 0 Å². The van der Waals surface area contributed by atoms with Gasteiger partial charge in [0.15, 0.2) is 0 Å². The molecule has 6 nitrogen and oxygen atoms in total. The zero-order valence-corrected chi connectivity index (χ0v) is 22.8. The maximum Gasteiger partial charge on any atom is 0.0844 e. The molecule has 7 rings (SSSR count). The highest BCUT2D eigenvalue weighted by atomic mass is 35.5. The van der Waals surface area contributed by atoms with Gasteiger partial charge in [-0.2, -0.15) is 0 Å². The highest BCUT2D eigenvalue weighted by Gasteiger charge is 2.33. The van der Waals surface area contributed by atoms with Crippen molar-refractivity contribution in [3.63, 3.8) is 0 Å². The lowest BCUT2D eigenvalue weighted by Gasteiger charge is -2.36. The Bertz CT molecular complexity index is 1700. The summed E-state index contributed by atoms with van der Waals surface area (Å²) in [6.07, 6.45) is 14.3. The molecule has 3 aromatic heterocycles. The Labute approximate surface area is 233 Å². The molecule has 2 N–H and O–H groups in total. The van der Waals surface area contributed by atoms with Gasteiger partial charge in [-0.3, -0.25) is 9.67 Å². The van der Waals surface area contributed by atoms with Crippen molar-refractivity contribution < 1.29 is 0 Å². The summed E-state index contributed by atoms with van der Waals surface area (Å²) in [6.45, 7) is 1.82. The van der Waals surface area contributed by atoms with Gasteiger partial charge < -0.3 is 10.3 Å². The number of nitrogens with zero attached hydrogens (tertiary/aromatic N) is 5. The summed E-state index contributed by atoms with van der Waals surface area (Å²) < 4.78 is 4.30. The molecule has 0 spiro atoms. The number of pyridine rings is 1. The largest absolute Gasteiger partial charge is 0.398 e. The molecule has 2 aliphatic carbocycles. The number of para-hydroxylation sites is 1. The lowest BCUT2D eigenvalue weighted by Crippen LogP contribution is -2.24. The van der Waals surface area contributed by atoms with Gasteiger partial charge in [-0.05, 0) is 86.1 Å². The van der Waals surface area contributed by atoms with Gasteiger partial charge in [0.05, 0.1) is 11.2 Å². The van der Waals surface area contributed by atoms with E-state index in [9.17, 15) is 0 Å². The van der Waals surface area contributed by atoms with Crippen LogP contribution in [0.2, 0.25) is 5.02 Å². The summed E-state index contributed by atoms with van der Waals surface area (Å²) in [6, 6.07) is 16.5. The second-order valence-electron chi connectivity index (χ2n) is 11.2. The molecule has 2 unspecified atom stereocenters. The van der Waals surface area contributed by atoms with Crippen LogP contribution in [0.1, 0.15) is 55.0 Å². The summed E-state index contributed by atoms with van der Waals surface area (Å²) >= 11 is 6.22. The fraction of sp³-hybridized carbons (Fsp3) is 0.344. The van der Waals surface area contributed by atoms with Crippen molar-refractivity contribution in [2.24, 2.45) is 5.92 Å². The first kappa shape index (κ1) is 24.4. The Balaban J connectivity index is 0.932. The van der Waals surface area contributed by atoms with Crippen LogP contribution < -0.4 is 5.73 Å². The number of aromatic nitrogens is 5. The molecular formula is C32H33ClN6. The summed E-state index contributed by atoms with van der Waals surface area (Å²) in [7, 11) is 0. The highest BCUT2D eigenvalue weighted by molar-refractivity contribution is 6.31. The van der Waals surface area contributed by atoms with E-state index in [1.54, 1.807) is 5.57 Å². The smallest absolute Gasteiger partial charge is 0.0844 e. The molecule has 3 heterocycles. The summed E-state index contributed by atoms with van der Waals surface area (Å²) in [5.41, 5.74) is 14.9. The zero-order chi connectivity index (χ0) is 26.3. The third-order valence-corrected chi connectivity index (χ3v) is 8.78. The van der Waals surface area contributed by atoms with Crippen LogP contribution in [0.15, 0.2) is 72.6 Å². The number of nitrogen functional groups attached to an aromatic ring is 1. The number of anilines is 1. The Kier molecular flexibility index (Phi) is 6.36. The van der Waals surface area contributed by atoms with Gasteiger partial charge in [0.1, 0.15) is 0 Å². The second kappa shape index (κ2) is 10.2. The number of nitrogens with two attached hydrogens (primary N) is 1. The maximum absolute atomic E-state index is 6.71. The topological polar surface area (TPSA) is 74.5 Å². The molecule has 0 fully saturated rings. The van der Waals surface area contributed by atoms with E-state index in [1.807, 2.05) is 22.9 Å². The standard InChI is InChI=1S/C32H33ClN6/c33-25-8-9-27-28(19-25)35-29-18-22-15-21(16-24(17-22)31(29)32(27)34)5-3-4-12-39-20-26(36-37-39)11-14-38-13-10-23-6-1-2-7-30(23)38/h1-2,6-10,13,15,19-20,22,24H,3-5,11-12,14,16-18H2,(H2,34,35). The van der Waals surface area contributed by atoms with Gasteiger partial charge in [-0.15, -0.1) is 5.10 Å². The van der Waals surface area contributed by atoms with Crippen molar-refractivity contribution in [1.29, 1.82) is 0 Å². The van der Waals surface area contributed by atoms with E-state index in [0.29, 0.717) is 16.9 Å². The first-order valence-corrected chi connectivity index (χ1v) is 14.5. The number of hydrogen-bond donors (Lipinski definition) is 1. The minimum Gasteiger partial charge on any atom is -0.398 e. The number of unbranched alkanes of at least 4 members (excludes halogenated alkanes) is 1. The van der Waals surface area contributed by atoms with Gasteiger partial charge in [0, 0.05) is 64.8 Å². The Hall–Kier alpha value is -3.64. The van der Waals surface area contributed by atoms with Crippen molar-refractivity contribution in [3.8, 4) is 0 Å². The van der Waals surface area contributed by atoms with Crippen LogP contribution in [0.4, 0.5) is 5.69 Å². The molecule has 5 aromatic rings. The van der Waals surface area contributed by atoms with Gasteiger partial charge >= 0.3 is 0 Å². The van der Waals surface area contributed by atoms with Crippen LogP contribution in [-0.2, 0) is 25.9 Å². The van der Waals surface area contributed by atoms with E-state index in [-0.39, 0.29) is 0 Å². The number of halogens is 1. The fourth-order valence-corrected chi connectivity index (χ4v) is 6.90. The lowest BCUT2D eigenvalue weighted by atomic mass is 9.70. The van der Waals surface area contributed by atoms with E-state index >= 15 is 0 Å². The number of allylic oxidation sites excluding steroid dienone is 2. The Morgan fingerprint density at radius 2 is 1.92 bits per heavy atom. The number of aryl methyl sites for hydroxylation is 3. The summed E-state index contributed by atoms with van der Waals surface area (Å²) in [4.78, 5) is 4.99. The molecule has 0 radical (unpaired) electrons. The van der Waals surface area contributed by atoms with E-state index in [4.69, 9.17) is 22.3 Å². The van der Waals surface area contributed by atoms with Crippen LogP contribution >= 0.6 is 11.6 Å². The molecule has 0 amide bonds.